The number of phosphoric acid groups is 3. The van der Waals surface area contributed by atoms with E-state index in [2.05, 4.69) is 13.1 Å². The smallest absolute Gasteiger partial charge is 0.490 e. The molecule has 17 heteroatoms. The van der Waals surface area contributed by atoms with Gasteiger partial charge in [-0.25, -0.2) is 13.7 Å². The molecule has 0 bridgehead atoms. The van der Waals surface area contributed by atoms with Gasteiger partial charge in [0.05, 0.1) is 7.11 Å². The summed E-state index contributed by atoms with van der Waals surface area (Å²) in [6.45, 7) is -1.03. The maximum absolute atomic E-state index is 11.9. The van der Waals surface area contributed by atoms with Crippen LogP contribution in [0.15, 0.2) is 47.9 Å². The molecule has 3 rings (SSSR count). The van der Waals surface area contributed by atoms with Crippen molar-refractivity contribution in [2.45, 2.75) is 12.2 Å². The Morgan fingerprint density at radius 2 is 1.58 bits per heavy atom. The van der Waals surface area contributed by atoms with Gasteiger partial charge in [-0.2, -0.15) is 8.62 Å². The van der Waals surface area contributed by atoms with E-state index in [1.165, 1.54) is 7.11 Å². The molecule has 0 spiro atoms. The van der Waals surface area contributed by atoms with Crippen molar-refractivity contribution >= 4 is 34.2 Å². The van der Waals surface area contributed by atoms with Crippen molar-refractivity contribution < 1.29 is 66.1 Å². The molecule has 4 atom stereocenters. The molecule has 1 aliphatic heterocycles. The van der Waals surface area contributed by atoms with Gasteiger partial charge in [-0.15, -0.1) is 0 Å². The topological polar surface area (TPSA) is 219 Å². The summed E-state index contributed by atoms with van der Waals surface area (Å²) in [6.07, 6.45) is -2.83. The Labute approximate surface area is 186 Å². The summed E-state index contributed by atoms with van der Waals surface area (Å²) in [5.41, 5.74) is 0.337. The Balaban J connectivity index is 1.76. The highest BCUT2D eigenvalue weighted by Crippen LogP contribution is 2.66. The zero-order valence-electron chi connectivity index (χ0n) is 16.6. The maximum Gasteiger partial charge on any atom is 0.490 e. The van der Waals surface area contributed by atoms with E-state index in [0.717, 1.165) is 10.8 Å². The van der Waals surface area contributed by atoms with Gasteiger partial charge >= 0.3 is 23.5 Å². The minimum atomic E-state index is -5.70. The number of methoxy groups -OCH3 is 1. The van der Waals surface area contributed by atoms with Gasteiger partial charge in [0, 0.05) is 5.56 Å². The quantitative estimate of drug-likeness (QED) is 0.258. The predicted octanol–water partition coefficient (Wildman–Crippen LogP) is 2.39. The molecule has 0 fully saturated rings. The third-order valence-electron chi connectivity index (χ3n) is 4.30. The number of hydrogen-bond donors (Lipinski definition) is 6. The van der Waals surface area contributed by atoms with Gasteiger partial charge in [-0.1, -0.05) is 24.3 Å². The summed E-state index contributed by atoms with van der Waals surface area (Å²) in [5.74, 6) is -0.946. The average Bonchev–Trinajstić information content (AvgIpc) is 2.97. The molecule has 33 heavy (non-hydrogen) atoms. The first-order chi connectivity index (χ1) is 15.2. The van der Waals surface area contributed by atoms with Crippen LogP contribution >= 0.6 is 23.5 Å². The van der Waals surface area contributed by atoms with Crippen molar-refractivity contribution in [3.63, 3.8) is 0 Å². The number of benzene rings is 2. The Bertz CT molecular complexity index is 1220. The molecule has 1 heterocycles. The standard InChI is InChI=1S/C16H19O14P3/c1-26-12-7-10-5-3-2-4-9(10)6-11(12)16-15(18)14(17)13(28-16)8-27-32(22,23)30-33(24,25)29-31(19,20)21/h2-7,15-18H,8H2,1H3,(H,22,23)(H,24,25)(H2,19,20,21)/t15?,16-/m0/s1. The lowest BCUT2D eigenvalue weighted by molar-refractivity contribution is 0.0307. The van der Waals surface area contributed by atoms with Crippen LogP contribution in [0.2, 0.25) is 0 Å². The fourth-order valence-electron chi connectivity index (χ4n) is 3.01. The summed E-state index contributed by atoms with van der Waals surface area (Å²) in [7, 11) is -15.3. The lowest BCUT2D eigenvalue weighted by atomic mass is 9.99. The molecule has 0 saturated heterocycles. The molecule has 0 aromatic heterocycles. The van der Waals surface area contributed by atoms with Crippen LogP contribution in [-0.2, 0) is 31.6 Å². The number of hydrogen-bond acceptors (Lipinski definition) is 10. The van der Waals surface area contributed by atoms with Gasteiger partial charge in [0.25, 0.3) is 0 Å². The molecule has 2 aromatic carbocycles. The van der Waals surface area contributed by atoms with E-state index in [1.807, 2.05) is 12.1 Å². The zero-order chi connectivity index (χ0) is 24.6. The normalized spacial score (nSPS) is 22.6. The molecule has 0 amide bonds. The number of phosphoric ester groups is 1. The van der Waals surface area contributed by atoms with Crippen LogP contribution in [0.25, 0.3) is 10.8 Å². The highest BCUT2D eigenvalue weighted by molar-refractivity contribution is 7.66. The van der Waals surface area contributed by atoms with Crippen molar-refractivity contribution in [1.82, 2.24) is 0 Å². The van der Waals surface area contributed by atoms with Crippen LogP contribution in [0.5, 0.6) is 5.75 Å². The highest BCUT2D eigenvalue weighted by atomic mass is 31.3. The first kappa shape index (κ1) is 25.8. The molecule has 6 N–H and O–H groups in total. The van der Waals surface area contributed by atoms with Crippen molar-refractivity contribution in [2.24, 2.45) is 0 Å². The van der Waals surface area contributed by atoms with E-state index in [9.17, 15) is 28.8 Å². The minimum Gasteiger partial charge on any atom is -0.506 e. The molecule has 2 aromatic rings. The van der Waals surface area contributed by atoms with Gasteiger partial charge < -0.3 is 39.3 Å². The average molecular weight is 528 g/mol. The van der Waals surface area contributed by atoms with E-state index >= 15 is 0 Å². The number of fused-ring (bicyclic) bond motifs is 1. The van der Waals surface area contributed by atoms with Crippen LogP contribution in [0.3, 0.4) is 0 Å². The van der Waals surface area contributed by atoms with Crippen molar-refractivity contribution in [3.05, 3.63) is 53.5 Å². The minimum absolute atomic E-state index is 0.319. The van der Waals surface area contributed by atoms with E-state index in [-0.39, 0.29) is 0 Å². The molecule has 3 unspecified atom stereocenters. The summed E-state index contributed by atoms with van der Waals surface area (Å²) in [5, 5.41) is 22.2. The van der Waals surface area contributed by atoms with Gasteiger partial charge in [-0.05, 0) is 22.9 Å². The van der Waals surface area contributed by atoms with Crippen molar-refractivity contribution in [1.29, 1.82) is 0 Å². The monoisotopic (exact) mass is 528 g/mol. The Morgan fingerprint density at radius 3 is 2.15 bits per heavy atom. The van der Waals surface area contributed by atoms with Gasteiger partial charge in [0.15, 0.2) is 23.7 Å². The number of rotatable bonds is 9. The summed E-state index contributed by atoms with van der Waals surface area (Å²) in [6, 6.07) is 10.6. The summed E-state index contributed by atoms with van der Waals surface area (Å²) < 4.78 is 56.3. The second-order valence-electron chi connectivity index (χ2n) is 6.60. The van der Waals surface area contributed by atoms with E-state index in [1.54, 1.807) is 24.3 Å². The van der Waals surface area contributed by atoms with E-state index < -0.39 is 53.8 Å². The third-order valence-corrected chi connectivity index (χ3v) is 8.08. The molecular formula is C16H19O14P3. The van der Waals surface area contributed by atoms with Crippen molar-refractivity contribution in [2.75, 3.05) is 13.7 Å². The third kappa shape index (κ3) is 6.42. The SMILES string of the molecule is COc1cc2ccccc2cc1[C@@H]1OC(COP(=O)(O)OP(=O)(O)OP(=O)(O)O)=C(O)C1O. The molecule has 1 aliphatic rings. The Hall–Kier alpha value is -1.79. The molecule has 0 aliphatic carbocycles. The largest absolute Gasteiger partial charge is 0.506 e. The molecule has 0 radical (unpaired) electrons. The predicted molar refractivity (Wildman–Crippen MR) is 110 cm³/mol. The molecular weight excluding hydrogens is 509 g/mol. The first-order valence-electron chi connectivity index (χ1n) is 8.83. The molecule has 0 saturated carbocycles. The van der Waals surface area contributed by atoms with Crippen LogP contribution < -0.4 is 4.74 Å². The zero-order valence-corrected chi connectivity index (χ0v) is 19.3. The van der Waals surface area contributed by atoms with Crippen LogP contribution in [0, 0.1) is 0 Å². The van der Waals surface area contributed by atoms with Crippen LogP contribution in [0.1, 0.15) is 11.7 Å². The van der Waals surface area contributed by atoms with Crippen LogP contribution in [0.4, 0.5) is 0 Å². The summed E-state index contributed by atoms with van der Waals surface area (Å²) >= 11 is 0. The maximum atomic E-state index is 11.9. The van der Waals surface area contributed by atoms with E-state index in [4.69, 9.17) is 24.2 Å². The second-order valence-corrected chi connectivity index (χ2v) is 11.0. The fraction of sp³-hybridized carbons (Fsp3) is 0.250. The summed E-state index contributed by atoms with van der Waals surface area (Å²) in [4.78, 5) is 35.8. The molecule has 182 valence electrons. The number of ether oxygens (including phenoxy) is 2. The first-order valence-corrected chi connectivity index (χ1v) is 13.4. The number of aliphatic hydroxyl groups is 2. The lowest BCUT2D eigenvalue weighted by Crippen LogP contribution is -2.17. The van der Waals surface area contributed by atoms with Crippen molar-refractivity contribution in [3.8, 4) is 5.75 Å². The van der Waals surface area contributed by atoms with Gasteiger partial charge in [0.1, 0.15) is 12.4 Å². The van der Waals surface area contributed by atoms with Crippen LogP contribution in [-0.4, -0.2) is 49.6 Å². The molecule has 14 nitrogen and oxygen atoms in total. The lowest BCUT2D eigenvalue weighted by Gasteiger charge is -2.20. The Morgan fingerprint density at radius 1 is 0.970 bits per heavy atom. The highest BCUT2D eigenvalue weighted by Gasteiger charge is 2.43. The van der Waals surface area contributed by atoms with E-state index in [0.29, 0.717) is 11.3 Å². The second kappa shape index (κ2) is 9.46. The fourth-order valence-corrected chi connectivity index (χ4v) is 5.98. The number of aliphatic hydroxyl groups excluding tert-OH is 2. The Kier molecular flexibility index (Phi) is 7.40. The van der Waals surface area contributed by atoms with Gasteiger partial charge in [-0.3, -0.25) is 4.52 Å². The van der Waals surface area contributed by atoms with Gasteiger partial charge in [0.2, 0.25) is 0 Å².